The molecule has 2 rings (SSSR count). The van der Waals surface area contributed by atoms with Crippen LogP contribution in [-0.2, 0) is 5.60 Å². The lowest BCUT2D eigenvalue weighted by atomic mass is 9.79. The Morgan fingerprint density at radius 3 is 2.83 bits per heavy atom. The van der Waals surface area contributed by atoms with E-state index < -0.39 is 11.4 Å². The minimum absolute atomic E-state index is 0.110. The third-order valence-electron chi connectivity index (χ3n) is 3.83. The molecule has 0 bridgehead atoms. The van der Waals surface area contributed by atoms with E-state index in [4.69, 9.17) is 4.74 Å². The molecule has 0 aliphatic carbocycles. The molecule has 18 heavy (non-hydrogen) atoms. The third-order valence-corrected chi connectivity index (χ3v) is 3.83. The predicted octanol–water partition coefficient (Wildman–Crippen LogP) is 2.04. The molecule has 100 valence electrons. The fraction of sp³-hybridized carbons (Fsp3) is 0.571. The Morgan fingerprint density at radius 1 is 1.50 bits per heavy atom. The number of piperidine rings is 1. The van der Waals surface area contributed by atoms with E-state index in [1.165, 1.54) is 13.2 Å². The van der Waals surface area contributed by atoms with Crippen molar-refractivity contribution in [2.45, 2.75) is 25.4 Å². The molecule has 1 heterocycles. The van der Waals surface area contributed by atoms with Gasteiger partial charge in [0.1, 0.15) is 0 Å². The van der Waals surface area contributed by atoms with E-state index in [1.54, 1.807) is 19.1 Å². The Kier molecular flexibility index (Phi) is 3.88. The SMILES string of the molecule is COc1ccc(C(C)(O)C2CCCNC2)cc1F. The Bertz CT molecular complexity index is 414. The quantitative estimate of drug-likeness (QED) is 0.866. The Morgan fingerprint density at radius 2 is 2.28 bits per heavy atom. The molecule has 0 spiro atoms. The lowest BCUT2D eigenvalue weighted by molar-refractivity contribution is -0.0159. The van der Waals surface area contributed by atoms with Gasteiger partial charge in [0, 0.05) is 12.5 Å². The number of ether oxygens (including phenoxy) is 1. The molecule has 1 aromatic carbocycles. The highest BCUT2D eigenvalue weighted by molar-refractivity contribution is 5.32. The van der Waals surface area contributed by atoms with Crippen molar-refractivity contribution in [3.63, 3.8) is 0 Å². The lowest BCUT2D eigenvalue weighted by Crippen LogP contribution is -2.42. The van der Waals surface area contributed by atoms with Crippen LogP contribution in [0, 0.1) is 11.7 Å². The van der Waals surface area contributed by atoms with Gasteiger partial charge in [-0.3, -0.25) is 0 Å². The molecular formula is C14H20FNO2. The summed E-state index contributed by atoms with van der Waals surface area (Å²) in [5, 5.41) is 13.9. The first-order chi connectivity index (χ1) is 8.55. The molecule has 1 aliphatic heterocycles. The van der Waals surface area contributed by atoms with Crippen LogP contribution in [0.15, 0.2) is 18.2 Å². The van der Waals surface area contributed by atoms with E-state index in [1.807, 2.05) is 0 Å². The van der Waals surface area contributed by atoms with Gasteiger partial charge in [0.25, 0.3) is 0 Å². The standard InChI is InChI=1S/C14H20FNO2/c1-14(17,11-4-3-7-16-9-11)10-5-6-13(18-2)12(15)8-10/h5-6,8,11,16-17H,3-4,7,9H2,1-2H3. The zero-order valence-corrected chi connectivity index (χ0v) is 10.9. The maximum Gasteiger partial charge on any atom is 0.165 e. The molecule has 2 unspecified atom stereocenters. The predicted molar refractivity (Wildman–Crippen MR) is 68.1 cm³/mol. The van der Waals surface area contributed by atoms with Gasteiger partial charge in [-0.05, 0) is 44.0 Å². The molecule has 2 N–H and O–H groups in total. The number of nitrogens with one attached hydrogen (secondary N) is 1. The van der Waals surface area contributed by atoms with Crippen LogP contribution < -0.4 is 10.1 Å². The molecule has 1 aliphatic rings. The average molecular weight is 253 g/mol. The molecule has 0 aromatic heterocycles. The van der Waals surface area contributed by atoms with Crippen molar-refractivity contribution in [2.75, 3.05) is 20.2 Å². The number of halogens is 1. The van der Waals surface area contributed by atoms with E-state index in [2.05, 4.69) is 5.32 Å². The monoisotopic (exact) mass is 253 g/mol. The van der Waals surface area contributed by atoms with E-state index in [0.717, 1.165) is 25.9 Å². The van der Waals surface area contributed by atoms with Crippen molar-refractivity contribution >= 4 is 0 Å². The summed E-state index contributed by atoms with van der Waals surface area (Å²) in [5.41, 5.74) is -0.407. The number of rotatable bonds is 3. The van der Waals surface area contributed by atoms with Crippen LogP contribution in [-0.4, -0.2) is 25.3 Å². The van der Waals surface area contributed by atoms with Gasteiger partial charge in [-0.1, -0.05) is 6.07 Å². The molecule has 1 fully saturated rings. The Hall–Kier alpha value is -1.13. The van der Waals surface area contributed by atoms with E-state index in [0.29, 0.717) is 5.56 Å². The van der Waals surface area contributed by atoms with Crippen LogP contribution in [0.25, 0.3) is 0 Å². The van der Waals surface area contributed by atoms with E-state index >= 15 is 0 Å². The number of hydrogen-bond acceptors (Lipinski definition) is 3. The second-order valence-corrected chi connectivity index (χ2v) is 5.04. The summed E-state index contributed by atoms with van der Waals surface area (Å²) in [6.45, 7) is 3.51. The first kappa shape index (κ1) is 13.3. The van der Waals surface area contributed by atoms with Crippen molar-refractivity contribution in [2.24, 2.45) is 5.92 Å². The molecule has 2 atom stereocenters. The molecule has 3 nitrogen and oxygen atoms in total. The molecular weight excluding hydrogens is 233 g/mol. The fourth-order valence-electron chi connectivity index (χ4n) is 2.55. The third kappa shape index (κ3) is 2.49. The van der Waals surface area contributed by atoms with Crippen LogP contribution in [0.2, 0.25) is 0 Å². The van der Waals surface area contributed by atoms with Crippen molar-refractivity contribution in [1.29, 1.82) is 0 Å². The number of methoxy groups -OCH3 is 1. The van der Waals surface area contributed by atoms with Gasteiger partial charge in [0.2, 0.25) is 0 Å². The van der Waals surface area contributed by atoms with Crippen LogP contribution in [0.4, 0.5) is 4.39 Å². The van der Waals surface area contributed by atoms with E-state index in [9.17, 15) is 9.50 Å². The topological polar surface area (TPSA) is 41.5 Å². The smallest absolute Gasteiger partial charge is 0.165 e. The summed E-state index contributed by atoms with van der Waals surface area (Å²) >= 11 is 0. The number of benzene rings is 1. The molecule has 0 amide bonds. The van der Waals surface area contributed by atoms with Crippen molar-refractivity contribution in [3.8, 4) is 5.75 Å². The molecule has 0 saturated carbocycles. The second-order valence-electron chi connectivity index (χ2n) is 5.04. The lowest BCUT2D eigenvalue weighted by Gasteiger charge is -2.36. The van der Waals surface area contributed by atoms with Crippen molar-refractivity contribution < 1.29 is 14.2 Å². The van der Waals surface area contributed by atoms with Crippen LogP contribution in [0.3, 0.4) is 0 Å². The Labute approximate surface area is 107 Å². The first-order valence-corrected chi connectivity index (χ1v) is 6.33. The van der Waals surface area contributed by atoms with Crippen molar-refractivity contribution in [3.05, 3.63) is 29.6 Å². The summed E-state index contributed by atoms with van der Waals surface area (Å²) in [7, 11) is 1.43. The van der Waals surface area contributed by atoms with Gasteiger partial charge in [-0.25, -0.2) is 4.39 Å². The van der Waals surface area contributed by atoms with Gasteiger partial charge >= 0.3 is 0 Å². The summed E-state index contributed by atoms with van der Waals surface area (Å²) in [6, 6.07) is 4.67. The Balaban J connectivity index is 2.25. The number of hydrogen-bond donors (Lipinski definition) is 2. The molecule has 1 saturated heterocycles. The summed E-state index contributed by atoms with van der Waals surface area (Å²) in [6.07, 6.45) is 1.99. The fourth-order valence-corrected chi connectivity index (χ4v) is 2.55. The largest absolute Gasteiger partial charge is 0.494 e. The minimum Gasteiger partial charge on any atom is -0.494 e. The van der Waals surface area contributed by atoms with Crippen LogP contribution in [0.5, 0.6) is 5.75 Å². The van der Waals surface area contributed by atoms with Gasteiger partial charge in [-0.15, -0.1) is 0 Å². The van der Waals surface area contributed by atoms with Crippen molar-refractivity contribution in [1.82, 2.24) is 5.32 Å². The molecule has 1 aromatic rings. The minimum atomic E-state index is -1.01. The van der Waals surface area contributed by atoms with Gasteiger partial charge in [-0.2, -0.15) is 0 Å². The van der Waals surface area contributed by atoms with Crippen LogP contribution >= 0.6 is 0 Å². The highest BCUT2D eigenvalue weighted by atomic mass is 19.1. The summed E-state index contributed by atoms with van der Waals surface area (Å²) in [4.78, 5) is 0. The highest BCUT2D eigenvalue weighted by Crippen LogP contribution is 2.35. The van der Waals surface area contributed by atoms with Crippen LogP contribution in [0.1, 0.15) is 25.3 Å². The zero-order chi connectivity index (χ0) is 13.2. The maximum atomic E-state index is 13.7. The normalized spacial score (nSPS) is 23.4. The average Bonchev–Trinajstić information content (AvgIpc) is 2.39. The highest BCUT2D eigenvalue weighted by Gasteiger charge is 2.34. The second kappa shape index (κ2) is 5.24. The maximum absolute atomic E-state index is 13.7. The first-order valence-electron chi connectivity index (χ1n) is 6.33. The summed E-state index contributed by atoms with van der Waals surface area (Å²) < 4.78 is 18.6. The van der Waals surface area contributed by atoms with E-state index in [-0.39, 0.29) is 11.7 Å². The number of aliphatic hydroxyl groups is 1. The zero-order valence-electron chi connectivity index (χ0n) is 10.9. The van der Waals surface area contributed by atoms with Gasteiger partial charge < -0.3 is 15.2 Å². The summed E-state index contributed by atoms with van der Waals surface area (Å²) in [5.74, 6) is -0.116. The van der Waals surface area contributed by atoms with Gasteiger partial charge in [0.15, 0.2) is 11.6 Å². The molecule has 0 radical (unpaired) electrons. The molecule has 4 heteroatoms. The van der Waals surface area contributed by atoms with Gasteiger partial charge in [0.05, 0.1) is 12.7 Å².